The second-order valence-corrected chi connectivity index (χ2v) is 4.10. The van der Waals surface area contributed by atoms with Crippen molar-refractivity contribution < 1.29 is 9.90 Å². The second kappa shape index (κ2) is 4.16. The van der Waals surface area contributed by atoms with Crippen LogP contribution in [0.4, 0.5) is 0 Å². The number of nitrogens with zero attached hydrogens (tertiary/aromatic N) is 4. The van der Waals surface area contributed by atoms with E-state index in [9.17, 15) is 4.79 Å². The van der Waals surface area contributed by atoms with E-state index in [4.69, 9.17) is 5.11 Å². The van der Waals surface area contributed by atoms with Gasteiger partial charge in [-0.15, -0.1) is 10.2 Å². The van der Waals surface area contributed by atoms with E-state index in [1.54, 1.807) is 13.0 Å². The van der Waals surface area contributed by atoms with Gasteiger partial charge >= 0.3 is 5.97 Å². The average molecular weight is 254 g/mol. The molecule has 2 aromatic heterocycles. The summed E-state index contributed by atoms with van der Waals surface area (Å²) in [4.78, 5) is 11.0. The zero-order chi connectivity index (χ0) is 13.4. The van der Waals surface area contributed by atoms with Crippen molar-refractivity contribution in [1.29, 1.82) is 0 Å². The molecule has 3 rings (SSSR count). The fourth-order valence-corrected chi connectivity index (χ4v) is 1.91. The van der Waals surface area contributed by atoms with E-state index in [0.29, 0.717) is 11.3 Å². The Labute approximate surface area is 108 Å². The Hall–Kier alpha value is -2.76. The molecule has 0 unspecified atom stereocenters. The number of benzene rings is 1. The van der Waals surface area contributed by atoms with Crippen LogP contribution in [0.2, 0.25) is 0 Å². The Balaban J connectivity index is 2.22. The van der Waals surface area contributed by atoms with Crippen molar-refractivity contribution in [3.8, 4) is 11.3 Å². The van der Waals surface area contributed by atoms with Gasteiger partial charge < -0.3 is 5.11 Å². The lowest BCUT2D eigenvalue weighted by Crippen LogP contribution is -2.10. The smallest absolute Gasteiger partial charge is 0.358 e. The molecule has 0 bridgehead atoms. The Kier molecular flexibility index (Phi) is 2.49. The third kappa shape index (κ3) is 1.83. The molecule has 2 heterocycles. The standard InChI is InChI=1S/C13H10N4O2/c1-8-12(13(18)19)15-14-11-7-10(16-17(8)11)9-5-3-2-4-6-9/h2-7H,1H3,(H,18,19). The minimum Gasteiger partial charge on any atom is -0.476 e. The van der Waals surface area contributed by atoms with Crippen LogP contribution < -0.4 is 0 Å². The van der Waals surface area contributed by atoms with Gasteiger partial charge in [-0.1, -0.05) is 30.3 Å². The van der Waals surface area contributed by atoms with Gasteiger partial charge in [-0.3, -0.25) is 0 Å². The van der Waals surface area contributed by atoms with Gasteiger partial charge in [0.05, 0.1) is 11.4 Å². The summed E-state index contributed by atoms with van der Waals surface area (Å²) in [6.07, 6.45) is 0. The van der Waals surface area contributed by atoms with Crippen LogP contribution in [-0.4, -0.2) is 30.9 Å². The molecule has 3 aromatic rings. The largest absolute Gasteiger partial charge is 0.476 e. The fourth-order valence-electron chi connectivity index (χ4n) is 1.91. The molecule has 1 aromatic carbocycles. The number of hydrogen-bond donors (Lipinski definition) is 1. The lowest BCUT2D eigenvalue weighted by molar-refractivity contribution is 0.0687. The zero-order valence-corrected chi connectivity index (χ0v) is 10.1. The number of carboxylic acid groups (broad SMARTS) is 1. The minimum absolute atomic E-state index is 0.0878. The van der Waals surface area contributed by atoms with Crippen LogP contribution in [0.15, 0.2) is 36.4 Å². The monoisotopic (exact) mass is 254 g/mol. The molecule has 6 heteroatoms. The molecule has 94 valence electrons. The minimum atomic E-state index is -1.11. The molecular formula is C13H10N4O2. The summed E-state index contributed by atoms with van der Waals surface area (Å²) in [6, 6.07) is 11.4. The SMILES string of the molecule is Cc1c(C(=O)O)nnc2cc(-c3ccccc3)nn12. The van der Waals surface area contributed by atoms with Gasteiger partial charge in [-0.2, -0.15) is 5.10 Å². The van der Waals surface area contributed by atoms with Crippen molar-refractivity contribution in [2.75, 3.05) is 0 Å². The molecule has 0 atom stereocenters. The molecule has 0 aliphatic rings. The second-order valence-electron chi connectivity index (χ2n) is 4.10. The van der Waals surface area contributed by atoms with Gasteiger partial charge in [0.2, 0.25) is 0 Å². The number of carboxylic acids is 1. The topological polar surface area (TPSA) is 80.4 Å². The normalized spacial score (nSPS) is 10.8. The van der Waals surface area contributed by atoms with Gasteiger partial charge in [-0.05, 0) is 6.92 Å². The Morgan fingerprint density at radius 2 is 1.95 bits per heavy atom. The lowest BCUT2D eigenvalue weighted by Gasteiger charge is -2.00. The average Bonchev–Trinajstić information content (AvgIpc) is 2.85. The lowest BCUT2D eigenvalue weighted by atomic mass is 10.2. The van der Waals surface area contributed by atoms with Crippen LogP contribution in [0.3, 0.4) is 0 Å². The van der Waals surface area contributed by atoms with E-state index in [-0.39, 0.29) is 5.69 Å². The molecule has 0 fully saturated rings. The van der Waals surface area contributed by atoms with Crippen LogP contribution in [0.25, 0.3) is 16.9 Å². The summed E-state index contributed by atoms with van der Waals surface area (Å²) >= 11 is 0. The number of carbonyl (C=O) groups is 1. The van der Waals surface area contributed by atoms with Gasteiger partial charge in [0.25, 0.3) is 0 Å². The molecule has 19 heavy (non-hydrogen) atoms. The summed E-state index contributed by atoms with van der Waals surface area (Å²) in [5.41, 5.74) is 2.58. The molecule has 0 saturated carbocycles. The van der Waals surface area contributed by atoms with E-state index < -0.39 is 5.97 Å². The predicted molar refractivity (Wildman–Crippen MR) is 67.9 cm³/mol. The number of aromatic nitrogens is 4. The number of aryl methyl sites for hydroxylation is 1. The van der Waals surface area contributed by atoms with E-state index >= 15 is 0 Å². The molecule has 1 N–H and O–H groups in total. The first kappa shape index (κ1) is 11.3. The van der Waals surface area contributed by atoms with Crippen LogP contribution >= 0.6 is 0 Å². The number of fused-ring (bicyclic) bond motifs is 1. The Bertz CT molecular complexity index is 765. The molecule has 0 spiro atoms. The third-order valence-corrected chi connectivity index (χ3v) is 2.88. The molecule has 0 aliphatic heterocycles. The van der Waals surface area contributed by atoms with E-state index in [1.807, 2.05) is 30.3 Å². The van der Waals surface area contributed by atoms with Crippen molar-refractivity contribution in [1.82, 2.24) is 19.8 Å². The number of hydrogen-bond acceptors (Lipinski definition) is 4. The first-order chi connectivity index (χ1) is 9.16. The van der Waals surface area contributed by atoms with E-state index in [0.717, 1.165) is 11.3 Å². The maximum absolute atomic E-state index is 11.0. The molecule has 0 saturated heterocycles. The van der Waals surface area contributed by atoms with Crippen molar-refractivity contribution in [3.63, 3.8) is 0 Å². The summed E-state index contributed by atoms with van der Waals surface area (Å²) in [5, 5.41) is 21.0. The summed E-state index contributed by atoms with van der Waals surface area (Å²) in [7, 11) is 0. The number of aromatic carboxylic acids is 1. The highest BCUT2D eigenvalue weighted by molar-refractivity contribution is 5.86. The molecule has 0 amide bonds. The molecular weight excluding hydrogens is 244 g/mol. The van der Waals surface area contributed by atoms with Gasteiger partial charge in [0.15, 0.2) is 11.3 Å². The highest BCUT2D eigenvalue weighted by Gasteiger charge is 2.15. The van der Waals surface area contributed by atoms with Crippen LogP contribution in [-0.2, 0) is 0 Å². The Morgan fingerprint density at radius 1 is 1.21 bits per heavy atom. The highest BCUT2D eigenvalue weighted by atomic mass is 16.4. The van der Waals surface area contributed by atoms with Crippen LogP contribution in [0, 0.1) is 6.92 Å². The van der Waals surface area contributed by atoms with E-state index in [2.05, 4.69) is 15.3 Å². The quantitative estimate of drug-likeness (QED) is 0.754. The van der Waals surface area contributed by atoms with Gasteiger partial charge in [0.1, 0.15) is 0 Å². The summed E-state index contributed by atoms with van der Waals surface area (Å²) in [6.45, 7) is 1.66. The van der Waals surface area contributed by atoms with Crippen molar-refractivity contribution >= 4 is 11.6 Å². The highest BCUT2D eigenvalue weighted by Crippen LogP contribution is 2.19. The maximum atomic E-state index is 11.0. The predicted octanol–water partition coefficient (Wildman–Crippen LogP) is 1.80. The van der Waals surface area contributed by atoms with Crippen molar-refractivity contribution in [2.24, 2.45) is 0 Å². The van der Waals surface area contributed by atoms with Crippen molar-refractivity contribution in [3.05, 3.63) is 47.8 Å². The van der Waals surface area contributed by atoms with E-state index in [1.165, 1.54) is 4.52 Å². The fraction of sp³-hybridized carbons (Fsp3) is 0.0769. The zero-order valence-electron chi connectivity index (χ0n) is 10.1. The van der Waals surface area contributed by atoms with Crippen LogP contribution in [0.1, 0.15) is 16.2 Å². The third-order valence-electron chi connectivity index (χ3n) is 2.88. The molecule has 6 nitrogen and oxygen atoms in total. The van der Waals surface area contributed by atoms with Crippen molar-refractivity contribution in [2.45, 2.75) is 6.92 Å². The maximum Gasteiger partial charge on any atom is 0.358 e. The molecule has 0 radical (unpaired) electrons. The first-order valence-electron chi connectivity index (χ1n) is 5.68. The summed E-state index contributed by atoms with van der Waals surface area (Å²) in [5.74, 6) is -1.11. The first-order valence-corrected chi connectivity index (χ1v) is 5.68. The molecule has 0 aliphatic carbocycles. The number of rotatable bonds is 2. The Morgan fingerprint density at radius 3 is 2.63 bits per heavy atom. The van der Waals surface area contributed by atoms with Crippen LogP contribution in [0.5, 0.6) is 0 Å². The van der Waals surface area contributed by atoms with Gasteiger partial charge in [-0.25, -0.2) is 9.31 Å². The summed E-state index contributed by atoms with van der Waals surface area (Å²) < 4.78 is 1.50. The van der Waals surface area contributed by atoms with Gasteiger partial charge in [0, 0.05) is 11.6 Å².